The van der Waals surface area contributed by atoms with Crippen molar-refractivity contribution in [2.45, 2.75) is 38.4 Å². The van der Waals surface area contributed by atoms with Gasteiger partial charge in [0.1, 0.15) is 11.9 Å². The van der Waals surface area contributed by atoms with E-state index in [4.69, 9.17) is 14.2 Å². The number of hydrogen-bond acceptors (Lipinski definition) is 5. The molecule has 24 heavy (non-hydrogen) atoms. The number of esters is 1. The van der Waals surface area contributed by atoms with E-state index >= 15 is 0 Å². The second kappa shape index (κ2) is 7.94. The fourth-order valence-electron chi connectivity index (χ4n) is 3.30. The van der Waals surface area contributed by atoms with E-state index in [0.29, 0.717) is 38.5 Å². The lowest BCUT2D eigenvalue weighted by Gasteiger charge is -2.32. The summed E-state index contributed by atoms with van der Waals surface area (Å²) in [7, 11) is 0. The van der Waals surface area contributed by atoms with Gasteiger partial charge < -0.3 is 19.1 Å². The molecule has 1 aromatic rings. The predicted octanol–water partition coefficient (Wildman–Crippen LogP) is 2.84. The first-order valence-electron chi connectivity index (χ1n) is 8.57. The third kappa shape index (κ3) is 4.05. The van der Waals surface area contributed by atoms with Crippen LogP contribution in [0.15, 0.2) is 18.2 Å². The Balaban J connectivity index is 1.70. The number of hydrogen-bond donors (Lipinski definition) is 0. The average molecular weight is 337 g/mol. The molecular formula is C18H24FNO4. The van der Waals surface area contributed by atoms with Gasteiger partial charge in [-0.2, -0.15) is 0 Å². The summed E-state index contributed by atoms with van der Waals surface area (Å²) < 4.78 is 30.7. The zero-order valence-corrected chi connectivity index (χ0v) is 14.0. The van der Waals surface area contributed by atoms with Crippen LogP contribution >= 0.6 is 0 Å². The summed E-state index contributed by atoms with van der Waals surface area (Å²) in [5, 5.41) is 0. The van der Waals surface area contributed by atoms with E-state index in [-0.39, 0.29) is 24.3 Å². The van der Waals surface area contributed by atoms with Crippen LogP contribution in [-0.2, 0) is 19.0 Å². The molecule has 0 radical (unpaired) electrons. The Bertz CT molecular complexity index is 568. The molecule has 0 aromatic heterocycles. The maximum absolute atomic E-state index is 14.4. The minimum atomic E-state index is -0.641. The quantitative estimate of drug-likeness (QED) is 0.773. The fraction of sp³-hybridized carbons (Fsp3) is 0.611. The van der Waals surface area contributed by atoms with Gasteiger partial charge in [-0.1, -0.05) is 6.07 Å². The lowest BCUT2D eigenvalue weighted by molar-refractivity contribution is -0.151. The number of rotatable bonds is 5. The molecule has 2 heterocycles. The summed E-state index contributed by atoms with van der Waals surface area (Å²) in [6, 6.07) is 4.96. The van der Waals surface area contributed by atoms with Crippen molar-refractivity contribution in [2.24, 2.45) is 0 Å². The van der Waals surface area contributed by atoms with Crippen LogP contribution < -0.4 is 4.90 Å². The van der Waals surface area contributed by atoms with Gasteiger partial charge in [0.05, 0.1) is 31.3 Å². The third-order valence-electron chi connectivity index (χ3n) is 4.51. The maximum atomic E-state index is 14.4. The zero-order valence-electron chi connectivity index (χ0n) is 14.0. The van der Waals surface area contributed by atoms with E-state index in [2.05, 4.69) is 4.90 Å². The summed E-state index contributed by atoms with van der Waals surface area (Å²) in [5.74, 6) is -0.693. The molecule has 0 unspecified atom stereocenters. The highest BCUT2D eigenvalue weighted by Crippen LogP contribution is 2.32. The summed E-state index contributed by atoms with van der Waals surface area (Å²) in [6.45, 7) is 5.05. The number of anilines is 1. The fourth-order valence-corrected chi connectivity index (χ4v) is 3.30. The summed E-state index contributed by atoms with van der Waals surface area (Å²) >= 11 is 0. The molecule has 2 atom stereocenters. The number of ether oxygens (including phenoxy) is 3. The Kier molecular flexibility index (Phi) is 5.68. The van der Waals surface area contributed by atoms with Crippen LogP contribution in [0.25, 0.3) is 0 Å². The van der Waals surface area contributed by atoms with Gasteiger partial charge >= 0.3 is 5.97 Å². The monoisotopic (exact) mass is 337 g/mol. The molecule has 2 aliphatic rings. The normalized spacial score (nSPS) is 22.4. The summed E-state index contributed by atoms with van der Waals surface area (Å²) in [4.78, 5) is 14.2. The summed E-state index contributed by atoms with van der Waals surface area (Å²) in [5.41, 5.74) is 1.20. The molecular weight excluding hydrogens is 313 g/mol. The molecule has 6 heteroatoms. The highest BCUT2D eigenvalue weighted by atomic mass is 19.1. The molecule has 0 aliphatic carbocycles. The van der Waals surface area contributed by atoms with Crippen LogP contribution in [0.5, 0.6) is 0 Å². The number of halogens is 1. The first-order valence-corrected chi connectivity index (χ1v) is 8.57. The Morgan fingerprint density at radius 2 is 2.17 bits per heavy atom. The van der Waals surface area contributed by atoms with Crippen LogP contribution in [0.2, 0.25) is 0 Å². The van der Waals surface area contributed by atoms with Crippen molar-refractivity contribution in [1.29, 1.82) is 0 Å². The van der Waals surface area contributed by atoms with Gasteiger partial charge in [-0.15, -0.1) is 0 Å². The first-order chi connectivity index (χ1) is 11.6. The summed E-state index contributed by atoms with van der Waals surface area (Å²) in [6.07, 6.45) is 1.37. The van der Waals surface area contributed by atoms with E-state index in [0.717, 1.165) is 18.5 Å². The van der Waals surface area contributed by atoms with Crippen LogP contribution in [0.1, 0.15) is 37.9 Å². The molecule has 2 fully saturated rings. The van der Waals surface area contributed by atoms with Gasteiger partial charge in [-0.3, -0.25) is 4.79 Å². The lowest BCUT2D eigenvalue weighted by Crippen LogP contribution is -2.37. The molecule has 2 aliphatic heterocycles. The molecule has 0 saturated carbocycles. The minimum Gasteiger partial charge on any atom is -0.458 e. The molecule has 0 amide bonds. The standard InChI is InChI=1S/C18H24FNO4/c1-13(24-17(21)12-14-4-3-9-23-14)18-15(19)5-2-6-16(18)20-7-10-22-11-8-20/h2,5-6,13-14H,3-4,7-12H2,1H3/t13-,14+/m0/s1. The van der Waals surface area contributed by atoms with Crippen LogP contribution in [0.4, 0.5) is 10.1 Å². The molecule has 3 rings (SSSR count). The molecule has 0 bridgehead atoms. The van der Waals surface area contributed by atoms with E-state index in [1.165, 1.54) is 6.07 Å². The number of carbonyl (C=O) groups is 1. The van der Waals surface area contributed by atoms with Gasteiger partial charge in [-0.25, -0.2) is 4.39 Å². The molecule has 132 valence electrons. The van der Waals surface area contributed by atoms with Crippen molar-refractivity contribution < 1.29 is 23.4 Å². The van der Waals surface area contributed by atoms with Gasteiger partial charge in [0, 0.05) is 25.4 Å². The van der Waals surface area contributed by atoms with Gasteiger partial charge in [0.25, 0.3) is 0 Å². The van der Waals surface area contributed by atoms with Gasteiger partial charge in [0.2, 0.25) is 0 Å². The smallest absolute Gasteiger partial charge is 0.309 e. The second-order valence-electron chi connectivity index (χ2n) is 6.24. The lowest BCUT2D eigenvalue weighted by atomic mass is 10.1. The molecule has 5 nitrogen and oxygen atoms in total. The van der Waals surface area contributed by atoms with E-state index < -0.39 is 6.10 Å². The Morgan fingerprint density at radius 1 is 1.38 bits per heavy atom. The third-order valence-corrected chi connectivity index (χ3v) is 4.51. The second-order valence-corrected chi connectivity index (χ2v) is 6.24. The number of carbonyl (C=O) groups excluding carboxylic acids is 1. The maximum Gasteiger partial charge on any atom is 0.309 e. The largest absolute Gasteiger partial charge is 0.458 e. The first kappa shape index (κ1) is 17.2. The molecule has 2 saturated heterocycles. The van der Waals surface area contributed by atoms with Crippen molar-refractivity contribution >= 4 is 11.7 Å². The van der Waals surface area contributed by atoms with Crippen LogP contribution in [-0.4, -0.2) is 45.0 Å². The van der Waals surface area contributed by atoms with E-state index in [1.54, 1.807) is 13.0 Å². The Labute approximate surface area is 141 Å². The van der Waals surface area contributed by atoms with Gasteiger partial charge in [0.15, 0.2) is 0 Å². The number of nitrogens with zero attached hydrogens (tertiary/aromatic N) is 1. The van der Waals surface area contributed by atoms with E-state index in [1.807, 2.05) is 6.07 Å². The van der Waals surface area contributed by atoms with Crippen molar-refractivity contribution in [1.82, 2.24) is 0 Å². The topological polar surface area (TPSA) is 48.0 Å². The van der Waals surface area contributed by atoms with Crippen molar-refractivity contribution in [2.75, 3.05) is 37.8 Å². The van der Waals surface area contributed by atoms with Crippen molar-refractivity contribution in [3.63, 3.8) is 0 Å². The Morgan fingerprint density at radius 3 is 2.88 bits per heavy atom. The van der Waals surface area contributed by atoms with Crippen molar-refractivity contribution in [3.8, 4) is 0 Å². The number of morpholine rings is 1. The van der Waals surface area contributed by atoms with Crippen LogP contribution in [0, 0.1) is 5.82 Å². The molecule has 0 N–H and O–H groups in total. The van der Waals surface area contributed by atoms with E-state index in [9.17, 15) is 9.18 Å². The average Bonchev–Trinajstić information content (AvgIpc) is 3.08. The number of benzene rings is 1. The molecule has 1 aromatic carbocycles. The van der Waals surface area contributed by atoms with Gasteiger partial charge in [-0.05, 0) is 31.9 Å². The predicted molar refractivity (Wildman–Crippen MR) is 87.5 cm³/mol. The zero-order chi connectivity index (χ0) is 16.9. The SMILES string of the molecule is C[C@H](OC(=O)C[C@H]1CCCO1)c1c(F)cccc1N1CCOCC1. The van der Waals surface area contributed by atoms with Crippen molar-refractivity contribution in [3.05, 3.63) is 29.6 Å². The highest BCUT2D eigenvalue weighted by Gasteiger charge is 2.26. The molecule has 0 spiro atoms. The van der Waals surface area contributed by atoms with Crippen LogP contribution in [0.3, 0.4) is 0 Å². The highest BCUT2D eigenvalue weighted by molar-refractivity contribution is 5.71. The minimum absolute atomic E-state index is 0.0657. The Hall–Kier alpha value is -1.66.